The number of anilines is 3. The number of likely N-dealkylation sites (N-methyl/N-ethyl adjacent to an activating group) is 1. The molecule has 6 heteroatoms. The van der Waals surface area contributed by atoms with Crippen molar-refractivity contribution in [2.45, 2.75) is 32.7 Å². The number of aryl methyl sites for hydroxylation is 1. The van der Waals surface area contributed by atoms with Crippen molar-refractivity contribution in [3.8, 4) is 0 Å². The van der Waals surface area contributed by atoms with Crippen LogP contribution in [0.4, 0.5) is 17.1 Å². The largest absolute Gasteiger partial charge is 0.372 e. The fourth-order valence-electron chi connectivity index (χ4n) is 4.44. The Morgan fingerprint density at radius 3 is 2.40 bits per heavy atom. The molecule has 0 saturated carbocycles. The van der Waals surface area contributed by atoms with Gasteiger partial charge in [0.2, 0.25) is 5.91 Å². The van der Waals surface area contributed by atoms with Crippen LogP contribution in [0.25, 0.3) is 0 Å². The summed E-state index contributed by atoms with van der Waals surface area (Å²) in [5.74, 6) is -0.195. The monoisotopic (exact) mass is 470 g/mol. The molecule has 1 saturated heterocycles. The lowest BCUT2D eigenvalue weighted by Gasteiger charge is -2.25. The molecule has 2 N–H and O–H groups in total. The molecule has 1 atom stereocenters. The van der Waals surface area contributed by atoms with Crippen LogP contribution in [0, 0.1) is 6.92 Å². The van der Waals surface area contributed by atoms with E-state index in [1.54, 1.807) is 12.1 Å². The van der Waals surface area contributed by atoms with Gasteiger partial charge in [0, 0.05) is 41.8 Å². The second kappa shape index (κ2) is 11.2. The van der Waals surface area contributed by atoms with Crippen LogP contribution in [-0.4, -0.2) is 43.4 Å². The summed E-state index contributed by atoms with van der Waals surface area (Å²) in [6, 6.07) is 23.2. The van der Waals surface area contributed by atoms with E-state index in [0.717, 1.165) is 35.6 Å². The van der Waals surface area contributed by atoms with E-state index in [2.05, 4.69) is 34.6 Å². The second-order valence-corrected chi connectivity index (χ2v) is 9.28. The maximum absolute atomic E-state index is 12.8. The van der Waals surface area contributed by atoms with Crippen LogP contribution in [0.15, 0.2) is 72.8 Å². The van der Waals surface area contributed by atoms with Crippen molar-refractivity contribution in [2.75, 3.05) is 42.2 Å². The molecule has 0 spiro atoms. The number of hydrogen-bond acceptors (Lipinski definition) is 4. The molecule has 1 fully saturated rings. The van der Waals surface area contributed by atoms with Gasteiger partial charge in [-0.05, 0) is 87.3 Å². The van der Waals surface area contributed by atoms with Gasteiger partial charge in [0.05, 0.1) is 6.54 Å². The molecule has 2 amide bonds. The van der Waals surface area contributed by atoms with Crippen LogP contribution in [-0.2, 0) is 4.79 Å². The number of nitrogens with zero attached hydrogens (tertiary/aromatic N) is 2. The molecule has 1 unspecified atom stereocenters. The Morgan fingerprint density at radius 1 is 0.943 bits per heavy atom. The highest BCUT2D eigenvalue weighted by Crippen LogP contribution is 2.26. The Bertz CT molecular complexity index is 1170. The lowest BCUT2D eigenvalue weighted by atomic mass is 10.1. The molecule has 4 rings (SSSR count). The lowest BCUT2D eigenvalue weighted by molar-refractivity contribution is -0.117. The fraction of sp³-hybridized carbons (Fsp3) is 0.310. The highest BCUT2D eigenvalue weighted by Gasteiger charge is 2.17. The Balaban J connectivity index is 1.34. The van der Waals surface area contributed by atoms with Crippen molar-refractivity contribution in [2.24, 2.45) is 0 Å². The third-order valence-corrected chi connectivity index (χ3v) is 6.67. The smallest absolute Gasteiger partial charge is 0.255 e. The van der Waals surface area contributed by atoms with Gasteiger partial charge in [-0.1, -0.05) is 30.3 Å². The third-order valence-electron chi connectivity index (χ3n) is 6.67. The van der Waals surface area contributed by atoms with Crippen LogP contribution in [0.5, 0.6) is 0 Å². The molecule has 3 aromatic rings. The first-order valence-electron chi connectivity index (χ1n) is 12.2. The van der Waals surface area contributed by atoms with E-state index in [-0.39, 0.29) is 24.4 Å². The van der Waals surface area contributed by atoms with Crippen LogP contribution >= 0.6 is 0 Å². The number of hydrogen-bond donors (Lipinski definition) is 2. The average Bonchev–Trinajstić information content (AvgIpc) is 3.40. The van der Waals surface area contributed by atoms with Gasteiger partial charge in [-0.2, -0.15) is 0 Å². The van der Waals surface area contributed by atoms with E-state index in [0.29, 0.717) is 5.56 Å². The molecule has 0 bridgehead atoms. The Labute approximate surface area is 207 Å². The van der Waals surface area contributed by atoms with Crippen LogP contribution < -0.4 is 15.5 Å². The van der Waals surface area contributed by atoms with E-state index in [1.165, 1.54) is 18.5 Å². The summed E-state index contributed by atoms with van der Waals surface area (Å²) in [5.41, 5.74) is 5.52. The summed E-state index contributed by atoms with van der Waals surface area (Å²) >= 11 is 0. The van der Waals surface area contributed by atoms with Gasteiger partial charge in [-0.25, -0.2) is 0 Å². The third kappa shape index (κ3) is 6.28. The molecule has 1 heterocycles. The lowest BCUT2D eigenvalue weighted by Crippen LogP contribution is -2.32. The van der Waals surface area contributed by atoms with Gasteiger partial charge in [-0.15, -0.1) is 0 Å². The van der Waals surface area contributed by atoms with Crippen molar-refractivity contribution >= 4 is 28.9 Å². The summed E-state index contributed by atoms with van der Waals surface area (Å²) in [5, 5.41) is 6.02. The number of rotatable bonds is 8. The quantitative estimate of drug-likeness (QED) is 0.458. The zero-order chi connectivity index (χ0) is 24.8. The molecule has 0 aromatic heterocycles. The molecule has 1 aliphatic rings. The van der Waals surface area contributed by atoms with Gasteiger partial charge < -0.3 is 15.5 Å². The average molecular weight is 471 g/mol. The van der Waals surface area contributed by atoms with E-state index in [9.17, 15) is 9.59 Å². The summed E-state index contributed by atoms with van der Waals surface area (Å²) in [6.07, 6.45) is 2.48. The maximum atomic E-state index is 12.8. The number of carbonyl (C=O) groups is 2. The first-order chi connectivity index (χ1) is 16.9. The van der Waals surface area contributed by atoms with E-state index < -0.39 is 0 Å². The topological polar surface area (TPSA) is 64.7 Å². The normalized spacial score (nSPS) is 14.1. The van der Waals surface area contributed by atoms with Gasteiger partial charge in [-0.3, -0.25) is 14.5 Å². The number of amides is 2. The summed E-state index contributed by atoms with van der Waals surface area (Å²) in [4.78, 5) is 29.7. The zero-order valence-electron chi connectivity index (χ0n) is 20.8. The van der Waals surface area contributed by atoms with Crippen molar-refractivity contribution in [1.82, 2.24) is 4.90 Å². The molecule has 182 valence electrons. The summed E-state index contributed by atoms with van der Waals surface area (Å²) < 4.78 is 0. The molecule has 6 nitrogen and oxygen atoms in total. The van der Waals surface area contributed by atoms with Crippen LogP contribution in [0.3, 0.4) is 0 Å². The minimum atomic E-state index is -0.144. The van der Waals surface area contributed by atoms with Crippen LogP contribution in [0.2, 0.25) is 0 Å². The van der Waals surface area contributed by atoms with Crippen molar-refractivity contribution < 1.29 is 9.59 Å². The SMILES string of the molecule is Cc1cc(N2CCCC2)ccc1NC(=O)CN(C)C(C)c1cccc(NC(=O)c2ccccc2)c1. The van der Waals surface area contributed by atoms with Crippen molar-refractivity contribution in [3.63, 3.8) is 0 Å². The summed E-state index contributed by atoms with van der Waals surface area (Å²) in [6.45, 7) is 6.56. The van der Waals surface area contributed by atoms with E-state index >= 15 is 0 Å². The van der Waals surface area contributed by atoms with E-state index in [1.807, 2.05) is 67.4 Å². The molecular formula is C29H34N4O2. The van der Waals surface area contributed by atoms with Crippen molar-refractivity contribution in [1.29, 1.82) is 0 Å². The first kappa shape index (κ1) is 24.5. The van der Waals surface area contributed by atoms with Gasteiger partial charge in [0.1, 0.15) is 0 Å². The maximum Gasteiger partial charge on any atom is 0.255 e. The van der Waals surface area contributed by atoms with Gasteiger partial charge >= 0.3 is 0 Å². The van der Waals surface area contributed by atoms with Gasteiger partial charge in [0.15, 0.2) is 0 Å². The van der Waals surface area contributed by atoms with Crippen LogP contribution in [0.1, 0.15) is 47.3 Å². The molecule has 0 aliphatic carbocycles. The predicted molar refractivity (Wildman–Crippen MR) is 143 cm³/mol. The van der Waals surface area contributed by atoms with E-state index in [4.69, 9.17) is 0 Å². The molecule has 1 aliphatic heterocycles. The molecule has 0 radical (unpaired) electrons. The highest BCUT2D eigenvalue weighted by molar-refractivity contribution is 6.04. The number of nitrogens with one attached hydrogen (secondary N) is 2. The zero-order valence-corrected chi connectivity index (χ0v) is 20.8. The number of benzene rings is 3. The number of carbonyl (C=O) groups excluding carboxylic acids is 2. The molecule has 3 aromatic carbocycles. The Hall–Kier alpha value is -3.64. The van der Waals surface area contributed by atoms with Gasteiger partial charge in [0.25, 0.3) is 5.91 Å². The minimum absolute atomic E-state index is 0.00651. The minimum Gasteiger partial charge on any atom is -0.372 e. The Morgan fingerprint density at radius 2 is 1.69 bits per heavy atom. The molecule has 35 heavy (non-hydrogen) atoms. The second-order valence-electron chi connectivity index (χ2n) is 9.28. The Kier molecular flexibility index (Phi) is 7.83. The standard InChI is InChI=1S/C29H34N4O2/c1-21-18-26(33-16-7-8-17-33)14-15-27(21)31-28(34)20-32(3)22(2)24-12-9-13-25(19-24)30-29(35)23-10-5-4-6-11-23/h4-6,9-15,18-19,22H,7-8,16-17,20H2,1-3H3,(H,30,35)(H,31,34). The summed E-state index contributed by atoms with van der Waals surface area (Å²) in [7, 11) is 1.93. The van der Waals surface area contributed by atoms with Crippen molar-refractivity contribution in [3.05, 3.63) is 89.5 Å². The fourth-order valence-corrected chi connectivity index (χ4v) is 4.44. The molecular weight excluding hydrogens is 436 g/mol. The first-order valence-corrected chi connectivity index (χ1v) is 12.2. The highest BCUT2D eigenvalue weighted by atomic mass is 16.2. The predicted octanol–water partition coefficient (Wildman–Crippen LogP) is 5.48.